The van der Waals surface area contributed by atoms with Gasteiger partial charge >= 0.3 is 0 Å². The Labute approximate surface area is 80.0 Å². The van der Waals surface area contributed by atoms with Crippen LogP contribution < -0.4 is 11.1 Å². The van der Waals surface area contributed by atoms with E-state index >= 15 is 0 Å². The maximum absolute atomic E-state index is 5.90. The molecule has 76 valence electrons. The van der Waals surface area contributed by atoms with Crippen LogP contribution in [-0.2, 0) is 4.74 Å². The normalized spacial score (nSPS) is 35.8. The molecule has 1 saturated carbocycles. The molecule has 0 amide bonds. The molecule has 0 aromatic rings. The molecule has 1 heterocycles. The summed E-state index contributed by atoms with van der Waals surface area (Å²) in [6.45, 7) is 2.64. The second kappa shape index (κ2) is 4.40. The van der Waals surface area contributed by atoms with E-state index in [9.17, 15) is 0 Å². The lowest BCUT2D eigenvalue weighted by molar-refractivity contribution is 0.183. The van der Waals surface area contributed by atoms with Crippen molar-refractivity contribution in [2.45, 2.75) is 37.8 Å². The van der Waals surface area contributed by atoms with Gasteiger partial charge in [0.2, 0.25) is 0 Å². The molecule has 13 heavy (non-hydrogen) atoms. The highest BCUT2D eigenvalue weighted by Gasteiger charge is 2.25. The summed E-state index contributed by atoms with van der Waals surface area (Å²) in [6, 6.07) is 1.02. The molecule has 1 aliphatic carbocycles. The molecule has 2 unspecified atom stereocenters. The summed E-state index contributed by atoms with van der Waals surface area (Å²) in [5.41, 5.74) is 5.90. The molecule has 1 aliphatic heterocycles. The molecule has 3 N–H and O–H groups in total. The van der Waals surface area contributed by atoms with Crippen LogP contribution in [0.1, 0.15) is 25.7 Å². The van der Waals surface area contributed by atoms with Crippen molar-refractivity contribution in [3.8, 4) is 0 Å². The van der Waals surface area contributed by atoms with E-state index in [1.165, 1.54) is 25.7 Å². The highest BCUT2D eigenvalue weighted by molar-refractivity contribution is 4.82. The fourth-order valence-corrected chi connectivity index (χ4v) is 2.27. The Morgan fingerprint density at radius 3 is 2.62 bits per heavy atom. The topological polar surface area (TPSA) is 47.3 Å². The second-order valence-corrected chi connectivity index (χ2v) is 4.35. The Morgan fingerprint density at radius 1 is 1.23 bits per heavy atom. The van der Waals surface area contributed by atoms with Gasteiger partial charge in [-0.3, -0.25) is 0 Å². The average Bonchev–Trinajstić information content (AvgIpc) is 2.72. The Balaban J connectivity index is 1.66. The lowest BCUT2D eigenvalue weighted by Gasteiger charge is -2.17. The first-order chi connectivity index (χ1) is 6.36. The van der Waals surface area contributed by atoms with E-state index in [-0.39, 0.29) is 6.04 Å². The minimum atomic E-state index is 0.258. The summed E-state index contributed by atoms with van der Waals surface area (Å²) >= 11 is 0. The predicted molar refractivity (Wildman–Crippen MR) is 52.5 cm³/mol. The quantitative estimate of drug-likeness (QED) is 0.671. The van der Waals surface area contributed by atoms with Gasteiger partial charge in [-0.1, -0.05) is 12.8 Å². The Hall–Kier alpha value is -0.120. The van der Waals surface area contributed by atoms with Gasteiger partial charge in [-0.05, 0) is 12.8 Å². The van der Waals surface area contributed by atoms with Crippen molar-refractivity contribution in [1.82, 2.24) is 5.32 Å². The molecule has 0 aromatic heterocycles. The van der Waals surface area contributed by atoms with Crippen molar-refractivity contribution in [1.29, 1.82) is 0 Å². The van der Waals surface area contributed by atoms with Gasteiger partial charge in [-0.2, -0.15) is 0 Å². The fraction of sp³-hybridized carbons (Fsp3) is 1.00. The first-order valence-corrected chi connectivity index (χ1v) is 5.43. The number of rotatable bonds is 3. The lowest BCUT2D eigenvalue weighted by Crippen LogP contribution is -2.39. The molecule has 3 heteroatoms. The van der Waals surface area contributed by atoms with Crippen molar-refractivity contribution < 1.29 is 4.74 Å². The van der Waals surface area contributed by atoms with E-state index < -0.39 is 0 Å². The zero-order chi connectivity index (χ0) is 9.10. The van der Waals surface area contributed by atoms with Crippen molar-refractivity contribution >= 4 is 0 Å². The molecule has 0 radical (unpaired) electrons. The van der Waals surface area contributed by atoms with Gasteiger partial charge in [0.1, 0.15) is 0 Å². The number of nitrogens with two attached hydrogens (primary N) is 1. The van der Waals surface area contributed by atoms with Crippen molar-refractivity contribution in [2.75, 3.05) is 19.8 Å². The zero-order valence-electron chi connectivity index (χ0n) is 8.17. The lowest BCUT2D eigenvalue weighted by atomic mass is 10.0. The zero-order valence-corrected chi connectivity index (χ0v) is 8.17. The first-order valence-electron chi connectivity index (χ1n) is 5.43. The highest BCUT2D eigenvalue weighted by Crippen LogP contribution is 2.18. The van der Waals surface area contributed by atoms with Gasteiger partial charge < -0.3 is 15.8 Å². The molecular formula is C10H20N2O. The van der Waals surface area contributed by atoms with E-state index in [1.54, 1.807) is 0 Å². The predicted octanol–water partition coefficient (Wildman–Crippen LogP) is 0.492. The SMILES string of the molecule is NC1COCC1CNC1CCCC1. The smallest absolute Gasteiger partial charge is 0.0621 e. The first kappa shape index (κ1) is 9.44. The molecule has 2 rings (SSSR count). The summed E-state index contributed by atoms with van der Waals surface area (Å²) in [5, 5.41) is 3.59. The summed E-state index contributed by atoms with van der Waals surface area (Å²) in [4.78, 5) is 0. The van der Waals surface area contributed by atoms with Gasteiger partial charge in [0, 0.05) is 24.5 Å². The van der Waals surface area contributed by atoms with Gasteiger partial charge in [-0.25, -0.2) is 0 Å². The number of ether oxygens (including phenoxy) is 1. The van der Waals surface area contributed by atoms with Gasteiger partial charge in [0.15, 0.2) is 0 Å². The fourth-order valence-electron chi connectivity index (χ4n) is 2.27. The van der Waals surface area contributed by atoms with Crippen LogP contribution in [0.5, 0.6) is 0 Å². The third kappa shape index (κ3) is 2.42. The average molecular weight is 184 g/mol. The van der Waals surface area contributed by atoms with Crippen molar-refractivity contribution in [2.24, 2.45) is 11.7 Å². The summed E-state index contributed by atoms with van der Waals surface area (Å²) in [5.74, 6) is 0.542. The summed E-state index contributed by atoms with van der Waals surface area (Å²) in [7, 11) is 0. The van der Waals surface area contributed by atoms with Crippen LogP contribution in [0.2, 0.25) is 0 Å². The molecular weight excluding hydrogens is 164 g/mol. The molecule has 2 aliphatic rings. The van der Waals surface area contributed by atoms with Gasteiger partial charge in [-0.15, -0.1) is 0 Å². The van der Waals surface area contributed by atoms with Crippen LogP contribution in [0.15, 0.2) is 0 Å². The number of hydrogen-bond donors (Lipinski definition) is 2. The van der Waals surface area contributed by atoms with Gasteiger partial charge in [0.05, 0.1) is 13.2 Å². The maximum atomic E-state index is 5.90. The van der Waals surface area contributed by atoms with E-state index in [0.717, 1.165) is 25.8 Å². The molecule has 0 aromatic carbocycles. The van der Waals surface area contributed by atoms with Crippen molar-refractivity contribution in [3.05, 3.63) is 0 Å². The minimum absolute atomic E-state index is 0.258. The van der Waals surface area contributed by atoms with Crippen LogP contribution >= 0.6 is 0 Å². The standard InChI is InChI=1S/C10H20N2O/c11-10-7-13-6-8(10)5-12-9-3-1-2-4-9/h8-10,12H,1-7,11H2. The van der Waals surface area contributed by atoms with Crippen LogP contribution in [0, 0.1) is 5.92 Å². The van der Waals surface area contributed by atoms with E-state index in [0.29, 0.717) is 5.92 Å². The third-order valence-corrected chi connectivity index (χ3v) is 3.27. The van der Waals surface area contributed by atoms with E-state index in [4.69, 9.17) is 10.5 Å². The second-order valence-electron chi connectivity index (χ2n) is 4.35. The maximum Gasteiger partial charge on any atom is 0.0621 e. The van der Waals surface area contributed by atoms with E-state index in [1.807, 2.05) is 0 Å². The van der Waals surface area contributed by atoms with Crippen LogP contribution in [-0.4, -0.2) is 31.8 Å². The van der Waals surface area contributed by atoms with Crippen LogP contribution in [0.4, 0.5) is 0 Å². The van der Waals surface area contributed by atoms with E-state index in [2.05, 4.69) is 5.32 Å². The summed E-state index contributed by atoms with van der Waals surface area (Å²) in [6.07, 6.45) is 5.49. The molecule has 1 saturated heterocycles. The highest BCUT2D eigenvalue weighted by atomic mass is 16.5. The number of hydrogen-bond acceptors (Lipinski definition) is 3. The summed E-state index contributed by atoms with van der Waals surface area (Å²) < 4.78 is 5.32. The molecule has 2 fully saturated rings. The Morgan fingerprint density at radius 2 is 2.00 bits per heavy atom. The minimum Gasteiger partial charge on any atom is -0.379 e. The third-order valence-electron chi connectivity index (χ3n) is 3.27. The largest absolute Gasteiger partial charge is 0.379 e. The number of nitrogens with one attached hydrogen (secondary N) is 1. The van der Waals surface area contributed by atoms with Crippen LogP contribution in [0.25, 0.3) is 0 Å². The van der Waals surface area contributed by atoms with Crippen molar-refractivity contribution in [3.63, 3.8) is 0 Å². The molecule has 0 bridgehead atoms. The van der Waals surface area contributed by atoms with Gasteiger partial charge in [0.25, 0.3) is 0 Å². The molecule has 3 nitrogen and oxygen atoms in total. The monoisotopic (exact) mass is 184 g/mol. The molecule has 2 atom stereocenters. The Kier molecular flexibility index (Phi) is 3.19. The Bertz CT molecular complexity index is 157. The van der Waals surface area contributed by atoms with Crippen LogP contribution in [0.3, 0.4) is 0 Å². The molecule has 0 spiro atoms.